The number of carbonyl (C=O) groups is 1. The average molecular weight is 349 g/mol. The number of aryl methyl sites for hydroxylation is 2. The molecule has 3 aromatic rings. The van der Waals surface area contributed by atoms with Crippen molar-refractivity contribution in [2.75, 3.05) is 0 Å². The van der Waals surface area contributed by atoms with Gasteiger partial charge in [0.15, 0.2) is 0 Å². The van der Waals surface area contributed by atoms with Crippen LogP contribution >= 0.6 is 0 Å². The van der Waals surface area contributed by atoms with Gasteiger partial charge in [-0.15, -0.1) is 0 Å². The molecule has 1 unspecified atom stereocenters. The lowest BCUT2D eigenvalue weighted by Crippen LogP contribution is -2.26. The SMILES string of the molecule is C=Cn1cc(C(=O)NC2CCc3cc(-c4noc(CC)n4)ccc32)cn1. The minimum atomic E-state index is -0.134. The van der Waals surface area contributed by atoms with Crippen LogP contribution in [-0.2, 0) is 12.8 Å². The van der Waals surface area contributed by atoms with E-state index < -0.39 is 0 Å². The first kappa shape index (κ1) is 16.3. The van der Waals surface area contributed by atoms with Crippen molar-refractivity contribution in [2.45, 2.75) is 32.2 Å². The molecule has 0 bridgehead atoms. The fourth-order valence-electron chi connectivity index (χ4n) is 3.22. The highest BCUT2D eigenvalue weighted by atomic mass is 16.5. The molecular formula is C19H19N5O2. The van der Waals surface area contributed by atoms with Gasteiger partial charge in [-0.3, -0.25) is 4.79 Å². The maximum atomic E-state index is 12.4. The summed E-state index contributed by atoms with van der Waals surface area (Å²) < 4.78 is 6.70. The summed E-state index contributed by atoms with van der Waals surface area (Å²) in [5, 5.41) is 11.2. The Morgan fingerprint density at radius 2 is 2.38 bits per heavy atom. The van der Waals surface area contributed by atoms with Crippen LogP contribution in [0, 0.1) is 0 Å². The number of fused-ring (bicyclic) bond motifs is 1. The lowest BCUT2D eigenvalue weighted by molar-refractivity contribution is 0.0936. The molecule has 0 spiro atoms. The molecule has 0 saturated carbocycles. The van der Waals surface area contributed by atoms with E-state index in [9.17, 15) is 4.79 Å². The number of aromatic nitrogens is 4. The lowest BCUT2D eigenvalue weighted by atomic mass is 10.0. The third kappa shape index (κ3) is 2.92. The molecule has 2 aromatic heterocycles. The number of nitrogens with one attached hydrogen (secondary N) is 1. The molecule has 132 valence electrons. The highest BCUT2D eigenvalue weighted by Crippen LogP contribution is 2.33. The fraction of sp³-hybridized carbons (Fsp3) is 0.263. The van der Waals surface area contributed by atoms with Crippen molar-refractivity contribution in [2.24, 2.45) is 0 Å². The first-order valence-electron chi connectivity index (χ1n) is 8.61. The topological polar surface area (TPSA) is 85.8 Å². The third-order valence-electron chi connectivity index (χ3n) is 4.61. The molecule has 2 heterocycles. The van der Waals surface area contributed by atoms with Crippen LogP contribution in [0.3, 0.4) is 0 Å². The van der Waals surface area contributed by atoms with E-state index in [2.05, 4.69) is 33.2 Å². The van der Waals surface area contributed by atoms with Crippen molar-refractivity contribution < 1.29 is 9.32 Å². The molecule has 1 atom stereocenters. The molecule has 7 nitrogen and oxygen atoms in total. The summed E-state index contributed by atoms with van der Waals surface area (Å²) in [6, 6.07) is 6.10. The predicted molar refractivity (Wildman–Crippen MR) is 96.3 cm³/mol. The molecule has 0 saturated heterocycles. The zero-order chi connectivity index (χ0) is 18.1. The molecule has 4 rings (SSSR count). The van der Waals surface area contributed by atoms with Gasteiger partial charge in [-0.25, -0.2) is 4.68 Å². The van der Waals surface area contributed by atoms with Crippen molar-refractivity contribution in [1.82, 2.24) is 25.2 Å². The number of hydrogen-bond donors (Lipinski definition) is 1. The van der Waals surface area contributed by atoms with Crippen LogP contribution < -0.4 is 5.32 Å². The maximum Gasteiger partial charge on any atom is 0.254 e. The molecule has 26 heavy (non-hydrogen) atoms. The summed E-state index contributed by atoms with van der Waals surface area (Å²) >= 11 is 0. The van der Waals surface area contributed by atoms with Crippen molar-refractivity contribution in [1.29, 1.82) is 0 Å². The molecule has 1 aliphatic rings. The Hall–Kier alpha value is -3.22. The Balaban J connectivity index is 1.52. The standard InChI is InChI=1S/C19H19N5O2/c1-3-17-22-18(23-26-17)13-5-7-15-12(9-13)6-8-16(15)21-19(25)14-10-20-24(4-2)11-14/h4-5,7,9-11,16H,2-3,6,8H2,1H3,(H,21,25). The van der Waals surface area contributed by atoms with E-state index in [4.69, 9.17) is 4.52 Å². The van der Waals surface area contributed by atoms with E-state index >= 15 is 0 Å². The summed E-state index contributed by atoms with van der Waals surface area (Å²) in [4.78, 5) is 16.8. The van der Waals surface area contributed by atoms with E-state index in [1.807, 2.05) is 19.1 Å². The smallest absolute Gasteiger partial charge is 0.254 e. The molecule has 1 amide bonds. The summed E-state index contributed by atoms with van der Waals surface area (Å²) in [5.41, 5.74) is 3.80. The van der Waals surface area contributed by atoms with Gasteiger partial charge in [0.05, 0.1) is 17.8 Å². The zero-order valence-corrected chi connectivity index (χ0v) is 14.5. The molecule has 7 heteroatoms. The second kappa shape index (κ2) is 6.59. The lowest BCUT2D eigenvalue weighted by Gasteiger charge is -2.13. The van der Waals surface area contributed by atoms with Crippen molar-refractivity contribution in [3.8, 4) is 11.4 Å². The summed E-state index contributed by atoms with van der Waals surface area (Å²) in [6.07, 6.45) is 7.23. The number of hydrogen-bond acceptors (Lipinski definition) is 5. The first-order valence-corrected chi connectivity index (χ1v) is 8.61. The Morgan fingerprint density at radius 3 is 3.12 bits per heavy atom. The number of nitrogens with zero attached hydrogens (tertiary/aromatic N) is 4. The van der Waals surface area contributed by atoms with Crippen LogP contribution in [0.2, 0.25) is 0 Å². The van der Waals surface area contributed by atoms with Gasteiger partial charge in [0, 0.05) is 24.4 Å². The van der Waals surface area contributed by atoms with Crippen LogP contribution in [0.15, 0.2) is 41.7 Å². The highest BCUT2D eigenvalue weighted by Gasteiger charge is 2.25. The second-order valence-electron chi connectivity index (χ2n) is 6.24. The van der Waals surface area contributed by atoms with Gasteiger partial charge in [-0.1, -0.05) is 30.8 Å². The Labute approximate surface area is 150 Å². The molecular weight excluding hydrogens is 330 g/mol. The molecule has 0 radical (unpaired) electrons. The van der Waals surface area contributed by atoms with Gasteiger partial charge in [-0.05, 0) is 30.0 Å². The number of benzene rings is 1. The van der Waals surface area contributed by atoms with Crippen molar-refractivity contribution >= 4 is 12.1 Å². The van der Waals surface area contributed by atoms with Gasteiger partial charge in [0.1, 0.15) is 0 Å². The van der Waals surface area contributed by atoms with E-state index in [1.165, 1.54) is 16.4 Å². The molecule has 1 aliphatic carbocycles. The van der Waals surface area contributed by atoms with E-state index in [0.29, 0.717) is 23.7 Å². The summed E-state index contributed by atoms with van der Waals surface area (Å²) in [6.45, 7) is 5.61. The predicted octanol–water partition coefficient (Wildman–Crippen LogP) is 3.01. The summed E-state index contributed by atoms with van der Waals surface area (Å²) in [5.74, 6) is 1.10. The average Bonchev–Trinajstić information content (AvgIpc) is 3.40. The maximum absolute atomic E-state index is 12.4. The number of amides is 1. The minimum absolute atomic E-state index is 0.00454. The Bertz CT molecular complexity index is 972. The monoisotopic (exact) mass is 349 g/mol. The zero-order valence-electron chi connectivity index (χ0n) is 14.5. The van der Waals surface area contributed by atoms with Gasteiger partial charge in [0.25, 0.3) is 5.91 Å². The Morgan fingerprint density at radius 1 is 1.50 bits per heavy atom. The minimum Gasteiger partial charge on any atom is -0.345 e. The first-order chi connectivity index (χ1) is 12.7. The molecule has 1 N–H and O–H groups in total. The number of rotatable bonds is 5. The molecule has 0 aliphatic heterocycles. The third-order valence-corrected chi connectivity index (χ3v) is 4.61. The van der Waals surface area contributed by atoms with Gasteiger partial charge in [0.2, 0.25) is 11.7 Å². The summed E-state index contributed by atoms with van der Waals surface area (Å²) in [7, 11) is 0. The normalized spacial score (nSPS) is 15.7. The van der Waals surface area contributed by atoms with E-state index in [0.717, 1.165) is 24.0 Å². The van der Waals surface area contributed by atoms with Gasteiger partial charge in [-0.2, -0.15) is 10.1 Å². The van der Waals surface area contributed by atoms with Crippen molar-refractivity contribution in [3.63, 3.8) is 0 Å². The van der Waals surface area contributed by atoms with Crippen LogP contribution in [-0.4, -0.2) is 25.8 Å². The quantitative estimate of drug-likeness (QED) is 0.765. The molecule has 0 fully saturated rings. The Kier molecular flexibility index (Phi) is 4.12. The van der Waals surface area contributed by atoms with E-state index in [-0.39, 0.29) is 11.9 Å². The fourth-order valence-corrected chi connectivity index (χ4v) is 3.22. The van der Waals surface area contributed by atoms with Crippen LogP contribution in [0.5, 0.6) is 0 Å². The van der Waals surface area contributed by atoms with Crippen LogP contribution in [0.25, 0.3) is 17.6 Å². The highest BCUT2D eigenvalue weighted by molar-refractivity contribution is 5.94. The van der Waals surface area contributed by atoms with Crippen molar-refractivity contribution in [3.05, 3.63) is 59.8 Å². The largest absolute Gasteiger partial charge is 0.345 e. The van der Waals surface area contributed by atoms with Gasteiger partial charge < -0.3 is 9.84 Å². The van der Waals surface area contributed by atoms with Crippen LogP contribution in [0.4, 0.5) is 0 Å². The molecule has 1 aromatic carbocycles. The van der Waals surface area contributed by atoms with Gasteiger partial charge >= 0.3 is 0 Å². The number of carbonyl (C=O) groups excluding carboxylic acids is 1. The van der Waals surface area contributed by atoms with Crippen LogP contribution in [0.1, 0.15) is 46.8 Å². The van der Waals surface area contributed by atoms with E-state index in [1.54, 1.807) is 12.4 Å². The second-order valence-corrected chi connectivity index (χ2v) is 6.24.